The highest BCUT2D eigenvalue weighted by Crippen LogP contribution is 2.25. The zero-order valence-corrected chi connectivity index (χ0v) is 15.0. The van der Waals surface area contributed by atoms with Gasteiger partial charge in [-0.2, -0.15) is 0 Å². The van der Waals surface area contributed by atoms with E-state index in [0.717, 1.165) is 11.3 Å². The van der Waals surface area contributed by atoms with Crippen LogP contribution >= 0.6 is 0 Å². The van der Waals surface area contributed by atoms with E-state index in [1.807, 2.05) is 30.3 Å². The van der Waals surface area contributed by atoms with Crippen LogP contribution in [-0.4, -0.2) is 23.5 Å². The minimum atomic E-state index is -1.18. The van der Waals surface area contributed by atoms with Gasteiger partial charge in [-0.3, -0.25) is 14.9 Å². The first-order chi connectivity index (χ1) is 12.4. The van der Waals surface area contributed by atoms with Crippen LogP contribution in [0.25, 0.3) is 0 Å². The van der Waals surface area contributed by atoms with Gasteiger partial charge in [-0.1, -0.05) is 30.3 Å². The van der Waals surface area contributed by atoms with Gasteiger partial charge in [-0.05, 0) is 36.2 Å². The maximum Gasteiger partial charge on any atom is 0.311 e. The molecule has 6 nitrogen and oxygen atoms in total. The molecule has 0 heterocycles. The van der Waals surface area contributed by atoms with E-state index in [9.17, 15) is 14.9 Å². The minimum absolute atomic E-state index is 0.00497. The Labute approximate surface area is 152 Å². The Bertz CT molecular complexity index is 730. The van der Waals surface area contributed by atoms with E-state index in [2.05, 4.69) is 0 Å². The van der Waals surface area contributed by atoms with Gasteiger partial charge < -0.3 is 9.47 Å². The average Bonchev–Trinajstić information content (AvgIpc) is 2.66. The van der Waals surface area contributed by atoms with Crippen LogP contribution in [0.2, 0.25) is 0 Å². The summed E-state index contributed by atoms with van der Waals surface area (Å²) in [5.74, 6) is 0.724. The van der Waals surface area contributed by atoms with Crippen LogP contribution in [0.15, 0.2) is 54.6 Å². The van der Waals surface area contributed by atoms with Crippen molar-refractivity contribution in [3.05, 3.63) is 70.3 Å². The van der Waals surface area contributed by atoms with Gasteiger partial charge in [0.2, 0.25) is 5.54 Å². The second kappa shape index (κ2) is 8.99. The first-order valence-electron chi connectivity index (χ1n) is 8.46. The van der Waals surface area contributed by atoms with Crippen molar-refractivity contribution in [2.24, 2.45) is 0 Å². The number of para-hydroxylation sites is 1. The summed E-state index contributed by atoms with van der Waals surface area (Å²) in [4.78, 5) is 23.2. The number of ether oxygens (including phenoxy) is 2. The normalized spacial score (nSPS) is 12.8. The molecule has 0 radical (unpaired) electrons. The minimum Gasteiger partial charge on any atom is -0.497 e. The Morgan fingerprint density at radius 1 is 1.04 bits per heavy atom. The molecule has 2 aromatic carbocycles. The van der Waals surface area contributed by atoms with E-state index in [-0.39, 0.29) is 17.8 Å². The van der Waals surface area contributed by atoms with Crippen molar-refractivity contribution in [1.82, 2.24) is 0 Å². The third-order valence-electron chi connectivity index (χ3n) is 4.39. The molecule has 6 heteroatoms. The highest BCUT2D eigenvalue weighted by Gasteiger charge is 2.37. The summed E-state index contributed by atoms with van der Waals surface area (Å²) in [6, 6.07) is 16.1. The number of nitro groups is 1. The summed E-state index contributed by atoms with van der Waals surface area (Å²) in [5, 5.41) is 11.5. The lowest BCUT2D eigenvalue weighted by Crippen LogP contribution is -2.36. The van der Waals surface area contributed by atoms with Crippen LogP contribution in [0, 0.1) is 10.1 Å². The number of carbonyl (C=O) groups is 1. The fraction of sp³-hybridized carbons (Fsp3) is 0.350. The number of hydrogen-bond acceptors (Lipinski definition) is 5. The van der Waals surface area contributed by atoms with Crippen LogP contribution < -0.4 is 9.47 Å². The first-order valence-corrected chi connectivity index (χ1v) is 8.46. The van der Waals surface area contributed by atoms with Crippen molar-refractivity contribution in [1.29, 1.82) is 0 Å². The molecule has 1 atom stereocenters. The van der Waals surface area contributed by atoms with E-state index in [4.69, 9.17) is 9.47 Å². The fourth-order valence-electron chi connectivity index (χ4n) is 2.56. The maximum atomic E-state index is 12.0. The predicted octanol–water partition coefficient (Wildman–Crippen LogP) is 4.05. The quantitative estimate of drug-likeness (QED) is 0.293. The van der Waals surface area contributed by atoms with E-state index >= 15 is 0 Å². The lowest BCUT2D eigenvalue weighted by atomic mass is 9.89. The lowest BCUT2D eigenvalue weighted by molar-refractivity contribution is -0.567. The number of hydrogen-bond donors (Lipinski definition) is 0. The summed E-state index contributed by atoms with van der Waals surface area (Å²) in [5.41, 5.74) is -0.193. The first kappa shape index (κ1) is 19.4. The molecule has 0 saturated heterocycles. The van der Waals surface area contributed by atoms with Gasteiger partial charge in [0.05, 0.1) is 13.5 Å². The van der Waals surface area contributed by atoms with E-state index in [0.29, 0.717) is 18.6 Å². The summed E-state index contributed by atoms with van der Waals surface area (Å²) in [6.07, 6.45) is 1.01. The zero-order valence-electron chi connectivity index (χ0n) is 15.0. The third-order valence-corrected chi connectivity index (χ3v) is 4.39. The van der Waals surface area contributed by atoms with Crippen LogP contribution in [0.4, 0.5) is 0 Å². The van der Waals surface area contributed by atoms with Crippen molar-refractivity contribution in [2.45, 2.75) is 38.1 Å². The van der Waals surface area contributed by atoms with Crippen molar-refractivity contribution in [3.8, 4) is 11.5 Å². The maximum absolute atomic E-state index is 12.0. The molecular weight excluding hydrogens is 334 g/mol. The van der Waals surface area contributed by atoms with Gasteiger partial charge in [0.25, 0.3) is 0 Å². The molecule has 0 N–H and O–H groups in total. The fourth-order valence-corrected chi connectivity index (χ4v) is 2.56. The number of esters is 1. The number of nitrogens with zero attached hydrogens (tertiary/aromatic N) is 1. The molecule has 0 fully saturated rings. The highest BCUT2D eigenvalue weighted by molar-refractivity contribution is 5.72. The highest BCUT2D eigenvalue weighted by atomic mass is 16.6. The van der Waals surface area contributed by atoms with Crippen molar-refractivity contribution in [3.63, 3.8) is 0 Å². The number of aryl methyl sites for hydroxylation is 1. The van der Waals surface area contributed by atoms with Crippen LogP contribution in [0.3, 0.4) is 0 Å². The summed E-state index contributed by atoms with van der Waals surface area (Å²) >= 11 is 0. The van der Waals surface area contributed by atoms with Crippen molar-refractivity contribution >= 4 is 5.97 Å². The van der Waals surface area contributed by atoms with Gasteiger partial charge in [0.1, 0.15) is 11.5 Å². The predicted molar refractivity (Wildman–Crippen MR) is 98.0 cm³/mol. The number of carbonyl (C=O) groups excluding carboxylic acids is 1. The molecule has 1 unspecified atom stereocenters. The summed E-state index contributed by atoms with van der Waals surface area (Å²) in [7, 11) is 1.59. The molecule has 2 rings (SSSR count). The zero-order chi connectivity index (χ0) is 19.0. The Morgan fingerprint density at radius 3 is 2.27 bits per heavy atom. The lowest BCUT2D eigenvalue weighted by Gasteiger charge is -2.20. The van der Waals surface area contributed by atoms with E-state index in [1.165, 1.54) is 0 Å². The third kappa shape index (κ3) is 5.58. The van der Waals surface area contributed by atoms with Gasteiger partial charge in [0.15, 0.2) is 0 Å². The van der Waals surface area contributed by atoms with Crippen LogP contribution in [0.1, 0.15) is 31.7 Å². The molecule has 0 bridgehead atoms. The molecule has 0 saturated carbocycles. The smallest absolute Gasteiger partial charge is 0.311 e. The van der Waals surface area contributed by atoms with E-state index in [1.54, 1.807) is 38.3 Å². The monoisotopic (exact) mass is 357 g/mol. The van der Waals surface area contributed by atoms with Crippen molar-refractivity contribution < 1.29 is 19.2 Å². The number of methoxy groups -OCH3 is 1. The molecule has 0 amide bonds. The van der Waals surface area contributed by atoms with Crippen molar-refractivity contribution in [2.75, 3.05) is 7.11 Å². The Balaban J connectivity index is 1.90. The molecule has 138 valence electrons. The SMILES string of the molecule is COc1ccc(CCC(C)(CCC(=O)Oc2ccccc2)[N+](=O)[O-])cc1. The second-order valence-electron chi connectivity index (χ2n) is 6.39. The van der Waals surface area contributed by atoms with Crippen LogP contribution in [-0.2, 0) is 11.2 Å². The molecule has 0 aromatic heterocycles. The van der Waals surface area contributed by atoms with Gasteiger partial charge in [-0.25, -0.2) is 0 Å². The summed E-state index contributed by atoms with van der Waals surface area (Å²) < 4.78 is 10.3. The second-order valence-corrected chi connectivity index (χ2v) is 6.39. The van der Waals surface area contributed by atoms with Gasteiger partial charge in [-0.15, -0.1) is 0 Å². The number of benzene rings is 2. The molecule has 0 aliphatic carbocycles. The summed E-state index contributed by atoms with van der Waals surface area (Å²) in [6.45, 7) is 1.58. The molecule has 0 aliphatic heterocycles. The topological polar surface area (TPSA) is 78.7 Å². The molecule has 26 heavy (non-hydrogen) atoms. The molecule has 2 aromatic rings. The average molecular weight is 357 g/mol. The van der Waals surface area contributed by atoms with Gasteiger partial charge in [0, 0.05) is 24.7 Å². The number of rotatable bonds is 9. The largest absolute Gasteiger partial charge is 0.497 e. The molecular formula is C20H23NO5. The Morgan fingerprint density at radius 2 is 1.69 bits per heavy atom. The molecule has 0 aliphatic rings. The van der Waals surface area contributed by atoms with Crippen LogP contribution in [0.5, 0.6) is 11.5 Å². The standard InChI is InChI=1S/C20H23NO5/c1-20(21(23)24,14-12-16-8-10-17(25-2)11-9-16)15-13-19(22)26-18-6-4-3-5-7-18/h3-11H,12-15H2,1-2H3. The van der Waals surface area contributed by atoms with E-state index < -0.39 is 11.5 Å². The Kier molecular flexibility index (Phi) is 6.72. The molecule has 0 spiro atoms. The van der Waals surface area contributed by atoms with Gasteiger partial charge >= 0.3 is 5.97 Å². The Hall–Kier alpha value is -2.89.